The van der Waals surface area contributed by atoms with Crippen LogP contribution in [0.1, 0.15) is 12.5 Å². The highest BCUT2D eigenvalue weighted by molar-refractivity contribution is 7.89. The summed E-state index contributed by atoms with van der Waals surface area (Å²) >= 11 is 5.63. The number of carbonyl (C=O) groups excluding carboxylic acids is 1. The number of sulfonamides is 1. The van der Waals surface area contributed by atoms with E-state index in [0.29, 0.717) is 18.8 Å². The van der Waals surface area contributed by atoms with Crippen LogP contribution in [0, 0.1) is 0 Å². The van der Waals surface area contributed by atoms with Gasteiger partial charge in [-0.3, -0.25) is 4.79 Å². The van der Waals surface area contributed by atoms with Crippen LogP contribution in [0.25, 0.3) is 0 Å². The molecule has 1 aromatic rings. The van der Waals surface area contributed by atoms with E-state index in [2.05, 4.69) is 5.32 Å². The summed E-state index contributed by atoms with van der Waals surface area (Å²) in [5.41, 5.74) is 0.977. The average molecular weight is 319 g/mol. The normalized spacial score (nSPS) is 11.6. The predicted octanol–water partition coefficient (Wildman–Crippen LogP) is 1.22. The molecule has 1 rings (SSSR count). The lowest BCUT2D eigenvalue weighted by molar-refractivity contribution is -0.121. The molecular weight excluding hydrogens is 300 g/mol. The van der Waals surface area contributed by atoms with E-state index in [0.717, 1.165) is 9.87 Å². The molecule has 20 heavy (non-hydrogen) atoms. The first-order valence-corrected chi connectivity index (χ1v) is 8.27. The Labute approximate surface area is 125 Å². The van der Waals surface area contributed by atoms with Crippen LogP contribution >= 0.6 is 11.6 Å². The molecule has 0 atom stereocenters. The van der Waals surface area contributed by atoms with E-state index in [4.69, 9.17) is 11.6 Å². The number of amides is 1. The second kappa shape index (κ2) is 7.61. The van der Waals surface area contributed by atoms with Crippen molar-refractivity contribution in [3.8, 4) is 0 Å². The third-order valence-electron chi connectivity index (χ3n) is 2.75. The highest BCUT2D eigenvalue weighted by Crippen LogP contribution is 2.15. The maximum Gasteiger partial charge on any atom is 0.243 e. The van der Waals surface area contributed by atoms with Crippen LogP contribution in [0.15, 0.2) is 29.2 Å². The topological polar surface area (TPSA) is 66.5 Å². The van der Waals surface area contributed by atoms with Crippen molar-refractivity contribution in [3.63, 3.8) is 0 Å². The number of aryl methyl sites for hydroxylation is 1. The molecule has 0 aromatic heterocycles. The highest BCUT2D eigenvalue weighted by Gasteiger charge is 2.22. The third-order valence-corrected chi connectivity index (χ3v) is 4.76. The predicted molar refractivity (Wildman–Crippen MR) is 79.4 cm³/mol. The van der Waals surface area contributed by atoms with Crippen molar-refractivity contribution < 1.29 is 13.2 Å². The Morgan fingerprint density at radius 3 is 2.40 bits per heavy atom. The van der Waals surface area contributed by atoms with Crippen molar-refractivity contribution in [1.82, 2.24) is 9.62 Å². The van der Waals surface area contributed by atoms with Crippen LogP contribution in [0.2, 0.25) is 0 Å². The molecule has 7 heteroatoms. The molecule has 0 aliphatic heterocycles. The Morgan fingerprint density at radius 1 is 1.30 bits per heavy atom. The van der Waals surface area contributed by atoms with Crippen LogP contribution in [0.3, 0.4) is 0 Å². The Hall–Kier alpha value is -1.11. The molecule has 0 spiro atoms. The number of hydrogen-bond donors (Lipinski definition) is 1. The summed E-state index contributed by atoms with van der Waals surface area (Å²) in [6.07, 6.45) is 0.691. The smallest absolute Gasteiger partial charge is 0.243 e. The van der Waals surface area contributed by atoms with Crippen molar-refractivity contribution in [2.45, 2.75) is 18.2 Å². The molecule has 0 saturated carbocycles. The summed E-state index contributed by atoms with van der Waals surface area (Å²) in [5, 5.41) is 2.57. The molecule has 0 fully saturated rings. The van der Waals surface area contributed by atoms with Gasteiger partial charge in [-0.2, -0.15) is 4.31 Å². The molecule has 0 aliphatic carbocycles. The van der Waals surface area contributed by atoms with E-state index >= 15 is 0 Å². The van der Waals surface area contributed by atoms with Crippen LogP contribution in [0.5, 0.6) is 0 Å². The number of benzene rings is 1. The molecule has 0 saturated heterocycles. The number of carbonyl (C=O) groups is 1. The largest absolute Gasteiger partial charge is 0.355 e. The Morgan fingerprint density at radius 2 is 1.90 bits per heavy atom. The van der Waals surface area contributed by atoms with Gasteiger partial charge in [-0.25, -0.2) is 8.42 Å². The van der Waals surface area contributed by atoms with Gasteiger partial charge in [-0.15, -0.1) is 11.6 Å². The number of hydrogen-bond acceptors (Lipinski definition) is 3. The number of halogens is 1. The fourth-order valence-corrected chi connectivity index (χ4v) is 3.00. The monoisotopic (exact) mass is 318 g/mol. The maximum absolute atomic E-state index is 12.3. The van der Waals surface area contributed by atoms with Crippen molar-refractivity contribution in [3.05, 3.63) is 29.8 Å². The van der Waals surface area contributed by atoms with E-state index in [1.807, 2.05) is 0 Å². The molecule has 0 unspecified atom stereocenters. The quantitative estimate of drug-likeness (QED) is 0.769. The molecule has 0 heterocycles. The lowest BCUT2D eigenvalue weighted by Gasteiger charge is -2.16. The first-order chi connectivity index (χ1) is 9.41. The Balaban J connectivity index is 2.84. The number of nitrogens with zero attached hydrogens (tertiary/aromatic N) is 1. The zero-order valence-electron chi connectivity index (χ0n) is 11.6. The van der Waals surface area contributed by atoms with Gasteiger partial charge in [0.05, 0.1) is 11.4 Å². The van der Waals surface area contributed by atoms with Gasteiger partial charge in [-0.05, 0) is 31.0 Å². The van der Waals surface area contributed by atoms with Gasteiger partial charge < -0.3 is 5.32 Å². The van der Waals surface area contributed by atoms with Gasteiger partial charge in [0.2, 0.25) is 15.9 Å². The van der Waals surface area contributed by atoms with Gasteiger partial charge in [0.15, 0.2) is 0 Å². The minimum absolute atomic E-state index is 0.169. The summed E-state index contributed by atoms with van der Waals surface area (Å²) in [7, 11) is -2.26. The third kappa shape index (κ3) is 4.47. The summed E-state index contributed by atoms with van der Waals surface area (Å²) in [6.45, 7) is 2.06. The summed E-state index contributed by atoms with van der Waals surface area (Å²) in [6, 6.07) is 6.53. The minimum atomic E-state index is -3.64. The summed E-state index contributed by atoms with van der Waals surface area (Å²) in [5.74, 6) is 0.167. The number of rotatable bonds is 7. The minimum Gasteiger partial charge on any atom is -0.355 e. The Kier molecular flexibility index (Phi) is 6.45. The van der Waals surface area contributed by atoms with Crippen LogP contribution in [-0.4, -0.2) is 44.6 Å². The molecule has 1 N–H and O–H groups in total. The van der Waals surface area contributed by atoms with Crippen molar-refractivity contribution in [1.29, 1.82) is 0 Å². The van der Waals surface area contributed by atoms with E-state index in [1.165, 1.54) is 19.2 Å². The first kappa shape index (κ1) is 16.9. The van der Waals surface area contributed by atoms with E-state index in [1.54, 1.807) is 19.1 Å². The molecule has 5 nitrogen and oxygen atoms in total. The molecular formula is C13H19ClN2O3S. The van der Waals surface area contributed by atoms with Crippen molar-refractivity contribution in [2.24, 2.45) is 0 Å². The summed E-state index contributed by atoms with van der Waals surface area (Å²) < 4.78 is 25.6. The fraction of sp³-hybridized carbons (Fsp3) is 0.462. The number of likely N-dealkylation sites (N-methyl/N-ethyl adjacent to an activating group) is 2. The van der Waals surface area contributed by atoms with Gasteiger partial charge in [-0.1, -0.05) is 12.1 Å². The van der Waals surface area contributed by atoms with Gasteiger partial charge in [0.1, 0.15) is 0 Å². The van der Waals surface area contributed by atoms with Crippen molar-refractivity contribution >= 4 is 27.5 Å². The van der Waals surface area contributed by atoms with E-state index in [-0.39, 0.29) is 17.3 Å². The molecule has 0 radical (unpaired) electrons. The molecule has 0 bridgehead atoms. The maximum atomic E-state index is 12.3. The molecule has 1 amide bonds. The van der Waals surface area contributed by atoms with Gasteiger partial charge in [0.25, 0.3) is 0 Å². The SMILES string of the molecule is CCNC(=O)CN(C)S(=O)(=O)c1ccc(CCCl)cc1. The van der Waals surface area contributed by atoms with Crippen LogP contribution in [0.4, 0.5) is 0 Å². The lowest BCUT2D eigenvalue weighted by Crippen LogP contribution is -2.38. The van der Waals surface area contributed by atoms with Gasteiger partial charge >= 0.3 is 0 Å². The zero-order valence-corrected chi connectivity index (χ0v) is 13.2. The Bertz CT molecular complexity index is 543. The number of nitrogens with one attached hydrogen (secondary N) is 1. The standard InChI is InChI=1S/C13H19ClN2O3S/c1-3-15-13(17)10-16(2)20(18,19)12-6-4-11(5-7-12)8-9-14/h4-7H,3,8-10H2,1-2H3,(H,15,17). The highest BCUT2D eigenvalue weighted by atomic mass is 35.5. The van der Waals surface area contributed by atoms with Gasteiger partial charge in [0, 0.05) is 19.5 Å². The summed E-state index contributed by atoms with van der Waals surface area (Å²) in [4.78, 5) is 11.6. The number of alkyl halides is 1. The molecule has 112 valence electrons. The molecule has 1 aromatic carbocycles. The zero-order chi connectivity index (χ0) is 15.2. The van der Waals surface area contributed by atoms with Crippen LogP contribution in [-0.2, 0) is 21.2 Å². The van der Waals surface area contributed by atoms with E-state index < -0.39 is 10.0 Å². The first-order valence-electron chi connectivity index (χ1n) is 6.29. The van der Waals surface area contributed by atoms with Crippen LogP contribution < -0.4 is 5.32 Å². The van der Waals surface area contributed by atoms with Crippen molar-refractivity contribution in [2.75, 3.05) is 26.0 Å². The van der Waals surface area contributed by atoms with E-state index in [9.17, 15) is 13.2 Å². The second-order valence-electron chi connectivity index (χ2n) is 4.30. The average Bonchev–Trinajstić information content (AvgIpc) is 2.40. The lowest BCUT2D eigenvalue weighted by atomic mass is 10.2. The fourth-order valence-electron chi connectivity index (χ4n) is 1.66. The second-order valence-corrected chi connectivity index (χ2v) is 6.72. The molecule has 0 aliphatic rings.